The third-order valence-electron chi connectivity index (χ3n) is 3.91. The first-order valence-electron chi connectivity index (χ1n) is 7.87. The van der Waals surface area contributed by atoms with E-state index in [0.29, 0.717) is 5.69 Å². The van der Waals surface area contributed by atoms with Crippen LogP contribution in [0.4, 0.5) is 11.4 Å². The first kappa shape index (κ1) is 15.8. The summed E-state index contributed by atoms with van der Waals surface area (Å²) >= 11 is 0. The van der Waals surface area contributed by atoms with Crippen molar-refractivity contribution in [1.82, 2.24) is 10.2 Å². The van der Waals surface area contributed by atoms with Crippen molar-refractivity contribution in [3.05, 3.63) is 60.3 Å². The van der Waals surface area contributed by atoms with E-state index in [-0.39, 0.29) is 6.04 Å². The second kappa shape index (κ2) is 6.97. The molecule has 0 amide bonds. The molecule has 5 nitrogen and oxygen atoms in total. The van der Waals surface area contributed by atoms with Crippen LogP contribution in [0, 0.1) is 11.3 Å². The molecule has 0 radical (unpaired) electrons. The molecule has 0 fully saturated rings. The van der Waals surface area contributed by atoms with Crippen LogP contribution in [-0.4, -0.2) is 29.8 Å². The number of nitriles is 1. The monoisotopic (exact) mass is 317 g/mol. The van der Waals surface area contributed by atoms with Crippen LogP contribution in [0.25, 0.3) is 10.9 Å². The second-order valence-corrected chi connectivity index (χ2v) is 5.81. The molecule has 3 aromatic rings. The van der Waals surface area contributed by atoms with Gasteiger partial charge in [-0.2, -0.15) is 5.26 Å². The number of fused-ring (bicyclic) bond motifs is 1. The molecule has 0 aliphatic rings. The van der Waals surface area contributed by atoms with Gasteiger partial charge in [0.15, 0.2) is 5.69 Å². The summed E-state index contributed by atoms with van der Waals surface area (Å²) in [7, 11) is 2.06. The van der Waals surface area contributed by atoms with Gasteiger partial charge in [-0.05, 0) is 25.1 Å². The number of nitrogens with one attached hydrogen (secondary N) is 1. The minimum atomic E-state index is 0.134. The Balaban J connectivity index is 1.83. The largest absolute Gasteiger partial charge is 0.378 e. The van der Waals surface area contributed by atoms with Crippen LogP contribution in [0.15, 0.2) is 54.6 Å². The van der Waals surface area contributed by atoms with Crippen LogP contribution < -0.4 is 10.2 Å². The van der Waals surface area contributed by atoms with Gasteiger partial charge in [0.1, 0.15) is 6.07 Å². The predicted molar refractivity (Wildman–Crippen MR) is 97.0 cm³/mol. The molecule has 2 aromatic carbocycles. The van der Waals surface area contributed by atoms with Crippen molar-refractivity contribution in [2.24, 2.45) is 0 Å². The molecule has 0 saturated heterocycles. The molecule has 0 bridgehead atoms. The Kier molecular flexibility index (Phi) is 4.57. The summed E-state index contributed by atoms with van der Waals surface area (Å²) < 4.78 is 0. The number of rotatable bonds is 5. The molecule has 1 aromatic heterocycles. The molecule has 120 valence electrons. The zero-order valence-electron chi connectivity index (χ0n) is 13.8. The van der Waals surface area contributed by atoms with Crippen LogP contribution in [0.3, 0.4) is 0 Å². The maximum Gasteiger partial charge on any atom is 0.186 e. The first-order chi connectivity index (χ1) is 11.7. The fourth-order valence-electron chi connectivity index (χ4n) is 2.77. The average molecular weight is 317 g/mol. The lowest BCUT2D eigenvalue weighted by Crippen LogP contribution is -2.32. The number of likely N-dealkylation sites (N-methyl/N-ethyl adjacent to an activating group) is 1. The van der Waals surface area contributed by atoms with Crippen molar-refractivity contribution in [2.45, 2.75) is 13.0 Å². The minimum Gasteiger partial charge on any atom is -0.378 e. The zero-order chi connectivity index (χ0) is 16.9. The van der Waals surface area contributed by atoms with Gasteiger partial charge in [-0.1, -0.05) is 36.4 Å². The Bertz CT molecular complexity index is 870. The quantitative estimate of drug-likeness (QED) is 0.781. The third kappa shape index (κ3) is 3.28. The lowest BCUT2D eigenvalue weighted by Gasteiger charge is -2.25. The van der Waals surface area contributed by atoms with E-state index < -0.39 is 0 Å². The lowest BCUT2D eigenvalue weighted by atomic mass is 10.1. The summed E-state index contributed by atoms with van der Waals surface area (Å²) in [6.45, 7) is 2.89. The number of benzene rings is 2. The summed E-state index contributed by atoms with van der Waals surface area (Å²) in [5.74, 6) is 0. The summed E-state index contributed by atoms with van der Waals surface area (Å²) in [6, 6.07) is 20.2. The smallest absolute Gasteiger partial charge is 0.186 e. The molecule has 0 unspecified atom stereocenters. The van der Waals surface area contributed by atoms with E-state index in [9.17, 15) is 5.26 Å². The van der Waals surface area contributed by atoms with Gasteiger partial charge < -0.3 is 10.2 Å². The summed E-state index contributed by atoms with van der Waals surface area (Å²) in [6.07, 6.45) is 0. The van der Waals surface area contributed by atoms with Crippen LogP contribution in [0.2, 0.25) is 0 Å². The highest BCUT2D eigenvalue weighted by atomic mass is 15.1. The van der Waals surface area contributed by atoms with Crippen molar-refractivity contribution in [3.8, 4) is 6.07 Å². The minimum absolute atomic E-state index is 0.134. The van der Waals surface area contributed by atoms with Gasteiger partial charge in [-0.25, -0.2) is 0 Å². The molecule has 1 N–H and O–H groups in total. The molecule has 1 heterocycles. The van der Waals surface area contributed by atoms with Gasteiger partial charge in [0, 0.05) is 30.7 Å². The molecule has 5 heteroatoms. The van der Waals surface area contributed by atoms with E-state index in [1.807, 2.05) is 42.5 Å². The highest BCUT2D eigenvalue weighted by Gasteiger charge is 2.14. The average Bonchev–Trinajstić information content (AvgIpc) is 2.62. The van der Waals surface area contributed by atoms with Gasteiger partial charge in [0.2, 0.25) is 0 Å². The third-order valence-corrected chi connectivity index (χ3v) is 3.91. The van der Waals surface area contributed by atoms with Crippen LogP contribution in [-0.2, 0) is 0 Å². The fraction of sp³-hybridized carbons (Fsp3) is 0.211. The normalized spacial score (nSPS) is 11.7. The zero-order valence-corrected chi connectivity index (χ0v) is 13.8. The van der Waals surface area contributed by atoms with E-state index in [1.54, 1.807) is 0 Å². The Morgan fingerprint density at radius 1 is 1.08 bits per heavy atom. The van der Waals surface area contributed by atoms with Gasteiger partial charge in [-0.3, -0.25) is 0 Å². The second-order valence-electron chi connectivity index (χ2n) is 5.81. The van der Waals surface area contributed by atoms with Crippen LogP contribution in [0.1, 0.15) is 12.6 Å². The van der Waals surface area contributed by atoms with Crippen molar-refractivity contribution in [3.63, 3.8) is 0 Å². The highest BCUT2D eigenvalue weighted by Crippen LogP contribution is 2.24. The molecule has 0 spiro atoms. The van der Waals surface area contributed by atoms with E-state index in [2.05, 4.69) is 52.6 Å². The Labute approximate surface area is 141 Å². The van der Waals surface area contributed by atoms with E-state index in [0.717, 1.165) is 28.8 Å². The molecule has 0 aliphatic carbocycles. The molecule has 0 aliphatic heterocycles. The van der Waals surface area contributed by atoms with Crippen molar-refractivity contribution in [1.29, 1.82) is 5.26 Å². The number of nitrogens with zero attached hydrogens (tertiary/aromatic N) is 4. The van der Waals surface area contributed by atoms with Crippen molar-refractivity contribution >= 4 is 22.3 Å². The van der Waals surface area contributed by atoms with Crippen molar-refractivity contribution in [2.75, 3.05) is 23.8 Å². The SMILES string of the molecule is C[C@H](CN(C)c1ccccc1)Nc1c(C#N)nnc2ccccc12. The van der Waals surface area contributed by atoms with Crippen LogP contribution in [0.5, 0.6) is 0 Å². The number of aromatic nitrogens is 2. The maximum atomic E-state index is 9.35. The van der Waals surface area contributed by atoms with Gasteiger partial charge in [-0.15, -0.1) is 10.2 Å². The van der Waals surface area contributed by atoms with E-state index >= 15 is 0 Å². The Hall–Kier alpha value is -3.13. The molecular weight excluding hydrogens is 298 g/mol. The van der Waals surface area contributed by atoms with E-state index in [1.165, 1.54) is 0 Å². The van der Waals surface area contributed by atoms with Gasteiger partial charge >= 0.3 is 0 Å². The predicted octanol–water partition coefficient (Wildman–Crippen LogP) is 3.44. The van der Waals surface area contributed by atoms with Gasteiger partial charge in [0.05, 0.1) is 11.2 Å². The summed E-state index contributed by atoms with van der Waals surface area (Å²) in [5, 5.41) is 21.8. The number of anilines is 2. The summed E-state index contributed by atoms with van der Waals surface area (Å²) in [5.41, 5.74) is 3.01. The topological polar surface area (TPSA) is 64.8 Å². The number of para-hydroxylation sites is 1. The summed E-state index contributed by atoms with van der Waals surface area (Å²) in [4.78, 5) is 2.18. The molecule has 24 heavy (non-hydrogen) atoms. The maximum absolute atomic E-state index is 9.35. The number of hydrogen-bond donors (Lipinski definition) is 1. The first-order valence-corrected chi connectivity index (χ1v) is 7.87. The molecule has 0 saturated carbocycles. The van der Waals surface area contributed by atoms with Crippen LogP contribution >= 0.6 is 0 Å². The molecule has 1 atom stereocenters. The molecule has 3 rings (SSSR count). The van der Waals surface area contributed by atoms with Crippen molar-refractivity contribution < 1.29 is 0 Å². The van der Waals surface area contributed by atoms with E-state index in [4.69, 9.17) is 0 Å². The lowest BCUT2D eigenvalue weighted by molar-refractivity contribution is 0.759. The highest BCUT2D eigenvalue weighted by molar-refractivity contribution is 5.92. The Morgan fingerprint density at radius 3 is 2.54 bits per heavy atom. The Morgan fingerprint density at radius 2 is 1.79 bits per heavy atom. The standard InChI is InChI=1S/C19H19N5/c1-14(13-24(2)15-8-4-3-5-9-15)21-19-16-10-6-7-11-17(16)22-23-18(19)12-20/h3-11,14H,13H2,1-2H3,(H,21,22)/t14-/m1/s1. The number of hydrogen-bond acceptors (Lipinski definition) is 5. The fourth-order valence-corrected chi connectivity index (χ4v) is 2.77. The van der Waals surface area contributed by atoms with Gasteiger partial charge in [0.25, 0.3) is 0 Å². The molecular formula is C19H19N5.